The average molecular weight is 319 g/mol. The molecule has 23 heavy (non-hydrogen) atoms. The molecule has 7 heteroatoms. The Kier molecular flexibility index (Phi) is 5.48. The van der Waals surface area contributed by atoms with Crippen LogP contribution in [0.5, 0.6) is 0 Å². The van der Waals surface area contributed by atoms with Crippen LogP contribution >= 0.6 is 0 Å². The summed E-state index contributed by atoms with van der Waals surface area (Å²) in [5.41, 5.74) is 0. The van der Waals surface area contributed by atoms with Gasteiger partial charge in [-0.25, -0.2) is 4.98 Å². The Morgan fingerprint density at radius 3 is 2.87 bits per heavy atom. The number of nitrogens with zero attached hydrogens (tertiary/aromatic N) is 5. The van der Waals surface area contributed by atoms with Gasteiger partial charge in [0.1, 0.15) is 12.2 Å². The summed E-state index contributed by atoms with van der Waals surface area (Å²) in [6.45, 7) is 4.24. The van der Waals surface area contributed by atoms with Crippen LogP contribution in [0.25, 0.3) is 0 Å². The van der Waals surface area contributed by atoms with Gasteiger partial charge < -0.3 is 15.5 Å². The minimum Gasteiger partial charge on any atom is -0.352 e. The fourth-order valence-electron chi connectivity index (χ4n) is 3.71. The number of hydrogen-bond donors (Lipinski definition) is 2. The largest absolute Gasteiger partial charge is 0.352 e. The van der Waals surface area contributed by atoms with E-state index in [-0.39, 0.29) is 0 Å². The van der Waals surface area contributed by atoms with Gasteiger partial charge in [-0.1, -0.05) is 12.8 Å². The van der Waals surface area contributed by atoms with Crippen molar-refractivity contribution >= 4 is 5.96 Å². The van der Waals surface area contributed by atoms with Crippen molar-refractivity contribution in [1.29, 1.82) is 0 Å². The van der Waals surface area contributed by atoms with E-state index in [2.05, 4.69) is 30.6 Å². The monoisotopic (exact) mass is 319 g/mol. The quantitative estimate of drug-likeness (QED) is 0.619. The number of guanidine groups is 1. The average Bonchev–Trinajstić information content (AvgIpc) is 3.28. The molecule has 2 heterocycles. The second-order valence-electron chi connectivity index (χ2n) is 6.77. The minimum atomic E-state index is 0.488. The maximum atomic E-state index is 4.33. The lowest BCUT2D eigenvalue weighted by molar-refractivity contribution is 0.275. The number of aromatic nitrogens is 3. The zero-order chi connectivity index (χ0) is 16.1. The molecule has 2 N–H and O–H groups in total. The first-order valence-corrected chi connectivity index (χ1v) is 8.77. The van der Waals surface area contributed by atoms with Crippen LogP contribution in [0.3, 0.4) is 0 Å². The van der Waals surface area contributed by atoms with E-state index in [4.69, 9.17) is 0 Å². The second-order valence-corrected chi connectivity index (χ2v) is 6.77. The van der Waals surface area contributed by atoms with Gasteiger partial charge in [0, 0.05) is 39.8 Å². The highest BCUT2D eigenvalue weighted by Gasteiger charge is 2.26. The van der Waals surface area contributed by atoms with Crippen LogP contribution in [-0.2, 0) is 13.6 Å². The highest BCUT2D eigenvalue weighted by Crippen LogP contribution is 2.26. The summed E-state index contributed by atoms with van der Waals surface area (Å²) in [5, 5.41) is 10.9. The molecule has 1 atom stereocenters. The molecule has 3 rings (SSSR count). The molecule has 7 nitrogen and oxygen atoms in total. The predicted octanol–water partition coefficient (Wildman–Crippen LogP) is 0.745. The van der Waals surface area contributed by atoms with Crippen molar-refractivity contribution in [2.24, 2.45) is 18.0 Å². The third kappa shape index (κ3) is 4.43. The van der Waals surface area contributed by atoms with E-state index < -0.39 is 0 Å². The number of aliphatic imine (C=N–C) groups is 1. The van der Waals surface area contributed by atoms with Gasteiger partial charge >= 0.3 is 0 Å². The van der Waals surface area contributed by atoms with E-state index in [0.717, 1.165) is 24.2 Å². The van der Waals surface area contributed by atoms with Crippen LogP contribution in [0.4, 0.5) is 0 Å². The van der Waals surface area contributed by atoms with Crippen molar-refractivity contribution in [2.75, 3.05) is 26.7 Å². The molecule has 0 aromatic carbocycles. The first-order chi connectivity index (χ1) is 11.2. The van der Waals surface area contributed by atoms with Crippen LogP contribution in [0.1, 0.15) is 37.9 Å². The van der Waals surface area contributed by atoms with Gasteiger partial charge in [-0.3, -0.25) is 9.67 Å². The van der Waals surface area contributed by atoms with Gasteiger partial charge in [0.05, 0.1) is 6.54 Å². The van der Waals surface area contributed by atoms with E-state index >= 15 is 0 Å². The molecule has 1 saturated heterocycles. The molecule has 1 aromatic heterocycles. The number of aryl methyl sites for hydroxylation is 1. The molecule has 0 radical (unpaired) electrons. The molecule has 1 aliphatic heterocycles. The van der Waals surface area contributed by atoms with E-state index in [9.17, 15) is 0 Å². The van der Waals surface area contributed by atoms with Gasteiger partial charge in [0.15, 0.2) is 5.96 Å². The molecule has 1 aromatic rings. The Bertz CT molecular complexity index is 518. The highest BCUT2D eigenvalue weighted by atomic mass is 15.3. The lowest BCUT2D eigenvalue weighted by Gasteiger charge is -2.21. The van der Waals surface area contributed by atoms with Gasteiger partial charge in [0.2, 0.25) is 0 Å². The Hall–Kier alpha value is -1.63. The summed E-state index contributed by atoms with van der Waals surface area (Å²) in [7, 11) is 3.72. The summed E-state index contributed by atoms with van der Waals surface area (Å²) in [6.07, 6.45) is 8.48. The molecule has 0 bridgehead atoms. The number of likely N-dealkylation sites (tertiary alicyclic amines) is 1. The first-order valence-electron chi connectivity index (χ1n) is 8.77. The molecule has 2 aliphatic rings. The SMILES string of the molecule is CN=C(NCc1ncnn1C)NC1CCN(CC2CCCC2)C1. The summed E-state index contributed by atoms with van der Waals surface area (Å²) >= 11 is 0. The van der Waals surface area contributed by atoms with Gasteiger partial charge in [-0.05, 0) is 25.2 Å². The molecule has 1 aliphatic carbocycles. The van der Waals surface area contributed by atoms with Gasteiger partial charge in [-0.2, -0.15) is 5.10 Å². The maximum Gasteiger partial charge on any atom is 0.191 e. The third-order valence-corrected chi connectivity index (χ3v) is 5.05. The lowest BCUT2D eigenvalue weighted by atomic mass is 10.1. The molecular formula is C16H29N7. The van der Waals surface area contributed by atoms with Crippen LogP contribution < -0.4 is 10.6 Å². The fourth-order valence-corrected chi connectivity index (χ4v) is 3.71. The van der Waals surface area contributed by atoms with Crippen molar-refractivity contribution < 1.29 is 0 Å². The fraction of sp³-hybridized carbons (Fsp3) is 0.812. The third-order valence-electron chi connectivity index (χ3n) is 5.05. The molecule has 0 amide bonds. The lowest BCUT2D eigenvalue weighted by Crippen LogP contribution is -2.44. The molecule has 2 fully saturated rings. The van der Waals surface area contributed by atoms with Crippen molar-refractivity contribution in [2.45, 2.75) is 44.7 Å². The van der Waals surface area contributed by atoms with Crippen LogP contribution in [0.2, 0.25) is 0 Å². The molecule has 1 saturated carbocycles. The number of rotatable bonds is 5. The van der Waals surface area contributed by atoms with Crippen molar-refractivity contribution in [3.05, 3.63) is 12.2 Å². The molecule has 0 spiro atoms. The highest BCUT2D eigenvalue weighted by molar-refractivity contribution is 5.79. The number of hydrogen-bond acceptors (Lipinski definition) is 4. The Morgan fingerprint density at radius 1 is 1.35 bits per heavy atom. The first kappa shape index (κ1) is 16.2. The van der Waals surface area contributed by atoms with Crippen LogP contribution in [-0.4, -0.2) is 58.3 Å². The Morgan fingerprint density at radius 2 is 2.17 bits per heavy atom. The van der Waals surface area contributed by atoms with E-state index in [0.29, 0.717) is 12.6 Å². The summed E-state index contributed by atoms with van der Waals surface area (Å²) in [4.78, 5) is 11.2. The topological polar surface area (TPSA) is 70.4 Å². The molecular weight excluding hydrogens is 290 g/mol. The maximum absolute atomic E-state index is 4.33. The van der Waals surface area contributed by atoms with E-state index in [1.807, 2.05) is 14.1 Å². The Labute approximate surface area is 138 Å². The molecule has 128 valence electrons. The predicted molar refractivity (Wildman–Crippen MR) is 91.1 cm³/mol. The van der Waals surface area contributed by atoms with Crippen molar-refractivity contribution in [3.63, 3.8) is 0 Å². The zero-order valence-corrected chi connectivity index (χ0v) is 14.3. The van der Waals surface area contributed by atoms with Gasteiger partial charge in [-0.15, -0.1) is 0 Å². The molecule has 1 unspecified atom stereocenters. The zero-order valence-electron chi connectivity index (χ0n) is 14.3. The van der Waals surface area contributed by atoms with E-state index in [1.54, 1.807) is 11.0 Å². The van der Waals surface area contributed by atoms with Crippen LogP contribution in [0.15, 0.2) is 11.3 Å². The normalized spacial score (nSPS) is 23.6. The minimum absolute atomic E-state index is 0.488. The smallest absolute Gasteiger partial charge is 0.191 e. The van der Waals surface area contributed by atoms with Crippen molar-refractivity contribution in [1.82, 2.24) is 30.3 Å². The van der Waals surface area contributed by atoms with Crippen molar-refractivity contribution in [3.8, 4) is 0 Å². The van der Waals surface area contributed by atoms with Crippen LogP contribution in [0, 0.1) is 5.92 Å². The summed E-state index contributed by atoms with van der Waals surface area (Å²) in [5.74, 6) is 2.69. The standard InChI is InChI=1S/C16H29N7/c1-17-16(18-9-15-19-12-20-22(15)2)21-14-7-8-23(11-14)10-13-5-3-4-6-13/h12-14H,3-11H2,1-2H3,(H2,17,18,21). The summed E-state index contributed by atoms with van der Waals surface area (Å²) < 4.78 is 1.78. The summed E-state index contributed by atoms with van der Waals surface area (Å²) in [6, 6.07) is 0.488. The van der Waals surface area contributed by atoms with E-state index in [1.165, 1.54) is 45.2 Å². The second kappa shape index (κ2) is 7.77. The number of nitrogens with one attached hydrogen (secondary N) is 2. The van der Waals surface area contributed by atoms with Gasteiger partial charge in [0.25, 0.3) is 0 Å². The Balaban J connectivity index is 1.41.